The number of rotatable bonds is 1. The van der Waals surface area contributed by atoms with E-state index < -0.39 is 5.91 Å². The van der Waals surface area contributed by atoms with E-state index >= 15 is 0 Å². The molecule has 3 N–H and O–H groups in total. The Balaban J connectivity index is 2.76. The van der Waals surface area contributed by atoms with Gasteiger partial charge < -0.3 is 10.8 Å². The van der Waals surface area contributed by atoms with Gasteiger partial charge in [-0.3, -0.25) is 9.78 Å². The van der Waals surface area contributed by atoms with Crippen molar-refractivity contribution in [2.24, 2.45) is 5.73 Å². The zero-order valence-corrected chi connectivity index (χ0v) is 7.27. The normalized spacial score (nSPS) is 10.3. The van der Waals surface area contributed by atoms with Crippen LogP contribution in [0.25, 0.3) is 10.9 Å². The van der Waals surface area contributed by atoms with Gasteiger partial charge in [0.25, 0.3) is 0 Å². The van der Waals surface area contributed by atoms with Crippen molar-refractivity contribution >= 4 is 16.8 Å². The molecule has 0 bridgehead atoms. The minimum Gasteiger partial charge on any atom is -0.507 e. The summed E-state index contributed by atoms with van der Waals surface area (Å²) in [5.41, 5.74) is 6.11. The maximum atomic E-state index is 10.9. The quantitative estimate of drug-likeness (QED) is 0.701. The maximum Gasteiger partial charge on any atom is 0.248 e. The molecule has 0 saturated heterocycles. The highest BCUT2D eigenvalue weighted by Crippen LogP contribution is 2.22. The number of hydrogen-bond donors (Lipinski definition) is 2. The highest BCUT2D eigenvalue weighted by molar-refractivity contribution is 5.98. The zero-order chi connectivity index (χ0) is 10.1. The molecule has 0 unspecified atom stereocenters. The molecule has 0 saturated carbocycles. The van der Waals surface area contributed by atoms with Crippen LogP contribution in [0, 0.1) is 0 Å². The third kappa shape index (κ3) is 1.26. The van der Waals surface area contributed by atoms with Gasteiger partial charge in [0, 0.05) is 17.1 Å². The number of carbonyl (C=O) groups excluding carboxylic acids is 1. The first-order valence-electron chi connectivity index (χ1n) is 4.06. The fourth-order valence-corrected chi connectivity index (χ4v) is 1.28. The number of nitrogens with zero attached hydrogens (tertiary/aromatic N) is 1. The maximum absolute atomic E-state index is 10.9. The molecule has 1 aromatic carbocycles. The lowest BCUT2D eigenvalue weighted by Gasteiger charge is -2.01. The van der Waals surface area contributed by atoms with Gasteiger partial charge in [-0.2, -0.15) is 0 Å². The summed E-state index contributed by atoms with van der Waals surface area (Å²) < 4.78 is 0. The smallest absolute Gasteiger partial charge is 0.248 e. The monoisotopic (exact) mass is 188 g/mol. The van der Waals surface area contributed by atoms with Crippen LogP contribution in [0.15, 0.2) is 30.5 Å². The van der Waals surface area contributed by atoms with Gasteiger partial charge in [-0.25, -0.2) is 0 Å². The lowest BCUT2D eigenvalue weighted by molar-refractivity contribution is 0.100. The molecule has 70 valence electrons. The molecule has 1 aromatic heterocycles. The highest BCUT2D eigenvalue weighted by atomic mass is 16.3. The molecule has 4 nitrogen and oxygen atoms in total. The van der Waals surface area contributed by atoms with Gasteiger partial charge in [0.1, 0.15) is 5.75 Å². The number of amides is 1. The van der Waals surface area contributed by atoms with E-state index in [1.165, 1.54) is 18.3 Å². The molecule has 0 radical (unpaired) electrons. The first-order valence-corrected chi connectivity index (χ1v) is 4.06. The van der Waals surface area contributed by atoms with E-state index in [0.717, 1.165) is 0 Å². The van der Waals surface area contributed by atoms with Crippen molar-refractivity contribution < 1.29 is 9.90 Å². The second-order valence-corrected chi connectivity index (χ2v) is 2.93. The number of primary amides is 1. The lowest BCUT2D eigenvalue weighted by Crippen LogP contribution is -2.10. The van der Waals surface area contributed by atoms with E-state index in [1.807, 2.05) is 0 Å². The van der Waals surface area contributed by atoms with Crippen LogP contribution in [0.3, 0.4) is 0 Å². The third-order valence-electron chi connectivity index (χ3n) is 2.00. The second kappa shape index (κ2) is 2.99. The fourth-order valence-electron chi connectivity index (χ4n) is 1.28. The summed E-state index contributed by atoms with van der Waals surface area (Å²) in [6, 6.07) is 6.22. The summed E-state index contributed by atoms with van der Waals surface area (Å²) in [4.78, 5) is 14.9. The summed E-state index contributed by atoms with van der Waals surface area (Å²) in [7, 11) is 0. The Morgan fingerprint density at radius 1 is 1.36 bits per heavy atom. The molecule has 0 aliphatic heterocycles. The van der Waals surface area contributed by atoms with Crippen LogP contribution in [0.5, 0.6) is 5.75 Å². The standard InChI is InChI=1S/C10H8N2O2/c11-10(14)6-1-2-8-7(5-6)9(13)3-4-12-8/h1-5H,(H2,11,14)(H,12,13). The van der Waals surface area contributed by atoms with Gasteiger partial charge >= 0.3 is 0 Å². The third-order valence-corrected chi connectivity index (χ3v) is 2.00. The Morgan fingerprint density at radius 2 is 2.14 bits per heavy atom. The highest BCUT2D eigenvalue weighted by Gasteiger charge is 2.04. The summed E-state index contributed by atoms with van der Waals surface area (Å²) in [5.74, 6) is -0.423. The van der Waals surface area contributed by atoms with Crippen LogP contribution in [0.2, 0.25) is 0 Å². The predicted octanol–water partition coefficient (Wildman–Crippen LogP) is 1.04. The van der Waals surface area contributed by atoms with Gasteiger partial charge in [-0.15, -0.1) is 0 Å². The van der Waals surface area contributed by atoms with Gasteiger partial charge in [0.05, 0.1) is 5.52 Å². The SMILES string of the molecule is NC(=O)c1ccc2nccc(O)c2c1. The largest absolute Gasteiger partial charge is 0.507 e. The summed E-state index contributed by atoms with van der Waals surface area (Å²) >= 11 is 0. The van der Waals surface area contributed by atoms with Gasteiger partial charge in [-0.05, 0) is 24.3 Å². The molecule has 0 atom stereocenters. The van der Waals surface area contributed by atoms with Gasteiger partial charge in [-0.1, -0.05) is 0 Å². The predicted molar refractivity (Wildman–Crippen MR) is 51.9 cm³/mol. The molecule has 2 rings (SSSR count). The molecule has 1 heterocycles. The van der Waals surface area contributed by atoms with Gasteiger partial charge in [0.2, 0.25) is 5.91 Å². The summed E-state index contributed by atoms with van der Waals surface area (Å²) in [5, 5.41) is 10.0. The molecular weight excluding hydrogens is 180 g/mol. The molecule has 0 aliphatic carbocycles. The average Bonchev–Trinajstić information content (AvgIpc) is 2.18. The summed E-state index contributed by atoms with van der Waals surface area (Å²) in [6.45, 7) is 0. The van der Waals surface area contributed by atoms with E-state index in [-0.39, 0.29) is 5.75 Å². The first kappa shape index (κ1) is 8.50. The number of hydrogen-bond acceptors (Lipinski definition) is 3. The van der Waals surface area contributed by atoms with E-state index in [9.17, 15) is 9.90 Å². The van der Waals surface area contributed by atoms with E-state index in [2.05, 4.69) is 4.98 Å². The van der Waals surface area contributed by atoms with E-state index in [1.54, 1.807) is 12.1 Å². The molecule has 14 heavy (non-hydrogen) atoms. The van der Waals surface area contributed by atoms with E-state index in [4.69, 9.17) is 5.73 Å². The minimum absolute atomic E-state index is 0.0955. The molecule has 2 aromatic rings. The van der Waals surface area contributed by atoms with Crippen LogP contribution in [0.4, 0.5) is 0 Å². The molecule has 0 aliphatic rings. The number of aromatic nitrogens is 1. The molecule has 0 fully saturated rings. The van der Waals surface area contributed by atoms with E-state index in [0.29, 0.717) is 16.5 Å². The van der Waals surface area contributed by atoms with Crippen molar-refractivity contribution in [3.8, 4) is 5.75 Å². The van der Waals surface area contributed by atoms with Crippen molar-refractivity contribution in [2.45, 2.75) is 0 Å². The first-order chi connectivity index (χ1) is 6.68. The molecule has 4 heteroatoms. The lowest BCUT2D eigenvalue weighted by atomic mass is 10.1. The van der Waals surface area contributed by atoms with Crippen LogP contribution in [-0.4, -0.2) is 16.0 Å². The topological polar surface area (TPSA) is 76.2 Å². The van der Waals surface area contributed by atoms with Crippen LogP contribution in [0.1, 0.15) is 10.4 Å². The number of fused-ring (bicyclic) bond motifs is 1. The number of pyridine rings is 1. The molecule has 0 spiro atoms. The van der Waals surface area contributed by atoms with Crippen molar-refractivity contribution in [3.05, 3.63) is 36.0 Å². The molecular formula is C10H8N2O2. The Hall–Kier alpha value is -2.10. The zero-order valence-electron chi connectivity index (χ0n) is 7.27. The number of nitrogens with two attached hydrogens (primary N) is 1. The number of benzene rings is 1. The fraction of sp³-hybridized carbons (Fsp3) is 0. The number of carbonyl (C=O) groups is 1. The summed E-state index contributed by atoms with van der Waals surface area (Å²) in [6.07, 6.45) is 1.50. The Morgan fingerprint density at radius 3 is 2.86 bits per heavy atom. The van der Waals surface area contributed by atoms with Crippen molar-refractivity contribution in [3.63, 3.8) is 0 Å². The Kier molecular flexibility index (Phi) is 1.81. The second-order valence-electron chi connectivity index (χ2n) is 2.93. The number of aromatic hydroxyl groups is 1. The minimum atomic E-state index is -0.518. The van der Waals surface area contributed by atoms with Crippen molar-refractivity contribution in [1.82, 2.24) is 4.98 Å². The van der Waals surface area contributed by atoms with Gasteiger partial charge in [0.15, 0.2) is 0 Å². The van der Waals surface area contributed by atoms with Crippen LogP contribution >= 0.6 is 0 Å². The van der Waals surface area contributed by atoms with Crippen molar-refractivity contribution in [2.75, 3.05) is 0 Å². The van der Waals surface area contributed by atoms with Crippen LogP contribution < -0.4 is 5.73 Å². The average molecular weight is 188 g/mol. The Labute approximate surface area is 80.0 Å². The molecule has 1 amide bonds. The Bertz CT molecular complexity index is 508. The van der Waals surface area contributed by atoms with Crippen LogP contribution in [-0.2, 0) is 0 Å². The van der Waals surface area contributed by atoms with Crippen molar-refractivity contribution in [1.29, 1.82) is 0 Å².